The third-order valence-electron chi connectivity index (χ3n) is 3.89. The zero-order valence-electron chi connectivity index (χ0n) is 14.0. The molecule has 0 fully saturated rings. The molecule has 0 unspecified atom stereocenters. The second kappa shape index (κ2) is 6.71. The van der Waals surface area contributed by atoms with Crippen molar-refractivity contribution in [3.05, 3.63) is 52.1 Å². The normalized spacial score (nSPS) is 15.3. The van der Waals surface area contributed by atoms with E-state index < -0.39 is 16.9 Å². The largest absolute Gasteiger partial charge is 0.479 e. The van der Waals surface area contributed by atoms with Gasteiger partial charge in [-0.05, 0) is 37.3 Å². The van der Waals surface area contributed by atoms with Crippen molar-refractivity contribution in [3.63, 3.8) is 0 Å². The summed E-state index contributed by atoms with van der Waals surface area (Å²) in [5.74, 6) is -0.282. The Morgan fingerprint density at radius 2 is 2.04 bits per heavy atom. The molecular formula is C17H16N4O5. The van der Waals surface area contributed by atoms with Crippen LogP contribution in [0.4, 0.5) is 22.7 Å². The van der Waals surface area contributed by atoms with Gasteiger partial charge in [-0.3, -0.25) is 19.7 Å². The number of fused-ring (bicyclic) bond motifs is 1. The number of rotatable bonds is 4. The van der Waals surface area contributed by atoms with Gasteiger partial charge in [0, 0.05) is 24.4 Å². The third-order valence-corrected chi connectivity index (χ3v) is 3.89. The van der Waals surface area contributed by atoms with Crippen LogP contribution in [-0.4, -0.2) is 29.9 Å². The maximum absolute atomic E-state index is 12.4. The van der Waals surface area contributed by atoms with Gasteiger partial charge in [-0.2, -0.15) is 0 Å². The fourth-order valence-electron chi connectivity index (χ4n) is 2.53. The molecule has 0 aromatic heterocycles. The molecule has 0 radical (unpaired) electrons. The van der Waals surface area contributed by atoms with E-state index in [1.807, 2.05) is 0 Å². The first-order valence-corrected chi connectivity index (χ1v) is 7.78. The number of carbonyl (C=O) groups is 2. The smallest absolute Gasteiger partial charge is 0.293 e. The molecule has 0 spiro atoms. The number of nitro benzene ring substituents is 1. The third kappa shape index (κ3) is 3.27. The minimum atomic E-state index is -0.589. The molecule has 3 N–H and O–H groups in total. The molecule has 1 aliphatic rings. The average molecular weight is 356 g/mol. The lowest BCUT2D eigenvalue weighted by Gasteiger charge is -2.23. The topological polar surface area (TPSA) is 123 Å². The van der Waals surface area contributed by atoms with E-state index in [9.17, 15) is 19.7 Å². The lowest BCUT2D eigenvalue weighted by Crippen LogP contribution is -2.34. The summed E-state index contributed by atoms with van der Waals surface area (Å²) in [6.45, 7) is 1.63. The number of nitrogens with zero attached hydrogens (tertiary/aromatic N) is 1. The number of benzene rings is 2. The van der Waals surface area contributed by atoms with Crippen LogP contribution in [0.1, 0.15) is 17.3 Å². The summed E-state index contributed by atoms with van der Waals surface area (Å²) in [7, 11) is 1.56. The highest BCUT2D eigenvalue weighted by Gasteiger charge is 2.24. The van der Waals surface area contributed by atoms with E-state index in [2.05, 4.69) is 16.0 Å². The Hall–Kier alpha value is -3.62. The van der Waals surface area contributed by atoms with Gasteiger partial charge in [-0.1, -0.05) is 0 Å². The average Bonchev–Trinajstić information content (AvgIpc) is 2.62. The molecule has 2 aromatic carbocycles. The van der Waals surface area contributed by atoms with Crippen LogP contribution in [0.25, 0.3) is 0 Å². The fourth-order valence-corrected chi connectivity index (χ4v) is 2.53. The van der Waals surface area contributed by atoms with Crippen LogP contribution in [-0.2, 0) is 4.79 Å². The van der Waals surface area contributed by atoms with Crippen molar-refractivity contribution in [3.8, 4) is 5.75 Å². The Morgan fingerprint density at radius 1 is 1.27 bits per heavy atom. The monoisotopic (exact) mass is 356 g/mol. The number of carbonyl (C=O) groups excluding carboxylic acids is 2. The first kappa shape index (κ1) is 17.2. The number of ether oxygens (including phenoxy) is 1. The number of nitrogens with one attached hydrogen (secondary N) is 3. The molecular weight excluding hydrogens is 340 g/mol. The van der Waals surface area contributed by atoms with Gasteiger partial charge in [0.1, 0.15) is 11.4 Å². The quantitative estimate of drug-likeness (QED) is 0.572. The number of anilines is 3. The minimum Gasteiger partial charge on any atom is -0.479 e. The zero-order chi connectivity index (χ0) is 18.8. The highest BCUT2D eigenvalue weighted by molar-refractivity contribution is 6.06. The fraction of sp³-hybridized carbons (Fsp3) is 0.176. The van der Waals surface area contributed by atoms with Gasteiger partial charge in [-0.15, -0.1) is 0 Å². The molecule has 2 aromatic rings. The van der Waals surface area contributed by atoms with Crippen LogP contribution in [0.3, 0.4) is 0 Å². The van der Waals surface area contributed by atoms with Crippen LogP contribution >= 0.6 is 0 Å². The molecule has 9 heteroatoms. The minimum absolute atomic E-state index is 0.141. The Kier molecular flexibility index (Phi) is 4.44. The van der Waals surface area contributed by atoms with Gasteiger partial charge in [-0.25, -0.2) is 0 Å². The van der Waals surface area contributed by atoms with Gasteiger partial charge in [0.15, 0.2) is 6.10 Å². The molecule has 2 amide bonds. The number of hydrogen-bond donors (Lipinski definition) is 3. The van der Waals surface area contributed by atoms with Crippen molar-refractivity contribution in [1.29, 1.82) is 0 Å². The molecule has 1 aliphatic heterocycles. The van der Waals surface area contributed by atoms with Crippen molar-refractivity contribution >= 4 is 34.6 Å². The maximum Gasteiger partial charge on any atom is 0.293 e. The van der Waals surface area contributed by atoms with Crippen molar-refractivity contribution in [2.75, 3.05) is 23.0 Å². The summed E-state index contributed by atoms with van der Waals surface area (Å²) in [5.41, 5.74) is 1.13. The Morgan fingerprint density at radius 3 is 2.73 bits per heavy atom. The molecule has 3 rings (SSSR count). The van der Waals surface area contributed by atoms with E-state index in [4.69, 9.17) is 4.74 Å². The molecule has 1 heterocycles. The van der Waals surface area contributed by atoms with Crippen LogP contribution in [0.2, 0.25) is 0 Å². The standard InChI is InChI=1S/C17H16N4O5/c1-9-16(22)20-13-8-11(4-6-15(13)26-9)19-17(23)10-3-5-12(18-2)14(7-10)21(24)25/h3-9,18H,1-2H3,(H,19,23)(H,20,22)/t9-/m0/s1. The van der Waals surface area contributed by atoms with Crippen molar-refractivity contribution in [2.45, 2.75) is 13.0 Å². The second-order valence-corrected chi connectivity index (χ2v) is 5.65. The summed E-state index contributed by atoms with van der Waals surface area (Å²) in [6.07, 6.45) is -0.589. The van der Waals surface area contributed by atoms with Gasteiger partial charge in [0.25, 0.3) is 17.5 Å². The van der Waals surface area contributed by atoms with E-state index >= 15 is 0 Å². The summed E-state index contributed by atoms with van der Waals surface area (Å²) < 4.78 is 5.45. The Bertz CT molecular complexity index is 912. The van der Waals surface area contributed by atoms with Crippen molar-refractivity contribution in [2.24, 2.45) is 0 Å². The lowest BCUT2D eigenvalue weighted by molar-refractivity contribution is -0.384. The predicted molar refractivity (Wildman–Crippen MR) is 95.8 cm³/mol. The van der Waals surface area contributed by atoms with Crippen LogP contribution in [0.5, 0.6) is 5.75 Å². The van der Waals surface area contributed by atoms with Crippen LogP contribution < -0.4 is 20.7 Å². The van der Waals surface area contributed by atoms with Gasteiger partial charge in [0.2, 0.25) is 0 Å². The summed E-state index contributed by atoms with van der Waals surface area (Å²) >= 11 is 0. The van der Waals surface area contributed by atoms with Crippen molar-refractivity contribution < 1.29 is 19.2 Å². The second-order valence-electron chi connectivity index (χ2n) is 5.65. The van der Waals surface area contributed by atoms with E-state index in [0.29, 0.717) is 22.8 Å². The summed E-state index contributed by atoms with van der Waals surface area (Å²) in [4.78, 5) is 34.6. The lowest BCUT2D eigenvalue weighted by atomic mass is 10.1. The zero-order valence-corrected chi connectivity index (χ0v) is 14.0. The SMILES string of the molecule is CNc1ccc(C(=O)Nc2ccc3c(c2)NC(=O)[C@H](C)O3)cc1[N+](=O)[O-]. The Labute approximate surface area is 148 Å². The van der Waals surface area contributed by atoms with E-state index in [1.165, 1.54) is 18.2 Å². The van der Waals surface area contributed by atoms with Crippen molar-refractivity contribution in [1.82, 2.24) is 0 Å². The van der Waals surface area contributed by atoms with Gasteiger partial charge < -0.3 is 20.7 Å². The first-order chi connectivity index (χ1) is 12.4. The molecule has 0 saturated carbocycles. The molecule has 0 bridgehead atoms. The van der Waals surface area contributed by atoms with Crippen LogP contribution in [0.15, 0.2) is 36.4 Å². The number of hydrogen-bond acceptors (Lipinski definition) is 6. The maximum atomic E-state index is 12.4. The highest BCUT2D eigenvalue weighted by atomic mass is 16.6. The molecule has 134 valence electrons. The van der Waals surface area contributed by atoms with E-state index in [0.717, 1.165) is 0 Å². The summed E-state index contributed by atoms with van der Waals surface area (Å²) in [6, 6.07) is 8.97. The van der Waals surface area contributed by atoms with Crippen LogP contribution in [0, 0.1) is 10.1 Å². The number of nitro groups is 1. The highest BCUT2D eigenvalue weighted by Crippen LogP contribution is 2.32. The Balaban J connectivity index is 1.83. The van der Waals surface area contributed by atoms with E-state index in [1.54, 1.807) is 32.2 Å². The molecule has 9 nitrogen and oxygen atoms in total. The predicted octanol–water partition coefficient (Wildman–Crippen LogP) is 2.61. The molecule has 1 atom stereocenters. The molecule has 0 saturated heterocycles. The van der Waals surface area contributed by atoms with Gasteiger partial charge in [0.05, 0.1) is 10.6 Å². The molecule has 26 heavy (non-hydrogen) atoms. The first-order valence-electron chi connectivity index (χ1n) is 7.78. The van der Waals surface area contributed by atoms with E-state index in [-0.39, 0.29) is 17.2 Å². The summed E-state index contributed by atoms with van der Waals surface area (Å²) in [5, 5.41) is 19.2. The molecule has 0 aliphatic carbocycles. The number of amides is 2. The van der Waals surface area contributed by atoms with Gasteiger partial charge >= 0.3 is 0 Å².